The summed E-state index contributed by atoms with van der Waals surface area (Å²) in [6, 6.07) is 14.7. The van der Waals surface area contributed by atoms with Crippen LogP contribution in [0.2, 0.25) is 0 Å². The summed E-state index contributed by atoms with van der Waals surface area (Å²) in [6.07, 6.45) is 0. The monoisotopic (exact) mass is 458 g/mol. The standard InChI is InChI=1S/C24H34N4O3S/c1-19-10-11-22(16-20(19)2)32(30,31)27(4)18-24(29)25-23(21-8-6-5-7-9-21)17-28-14-12-26(3)13-15-28/h5-11,16,23H,12-15,17-18H2,1-4H3,(H,25,29). The zero-order chi connectivity index (χ0) is 23.3. The molecule has 0 aliphatic carbocycles. The Morgan fingerprint density at radius 3 is 2.31 bits per heavy atom. The van der Waals surface area contributed by atoms with Gasteiger partial charge in [-0.2, -0.15) is 4.31 Å². The number of hydrogen-bond donors (Lipinski definition) is 1. The molecule has 1 unspecified atom stereocenters. The van der Waals surface area contributed by atoms with Gasteiger partial charge in [-0.25, -0.2) is 8.42 Å². The molecule has 2 aromatic carbocycles. The van der Waals surface area contributed by atoms with Crippen molar-refractivity contribution in [2.24, 2.45) is 0 Å². The van der Waals surface area contributed by atoms with Crippen molar-refractivity contribution in [1.82, 2.24) is 19.4 Å². The van der Waals surface area contributed by atoms with Gasteiger partial charge in [0.2, 0.25) is 15.9 Å². The number of rotatable bonds is 8. The molecule has 2 aromatic rings. The molecule has 32 heavy (non-hydrogen) atoms. The normalized spacial score (nSPS) is 16.8. The molecular weight excluding hydrogens is 424 g/mol. The van der Waals surface area contributed by atoms with Crippen LogP contribution in [0.1, 0.15) is 22.7 Å². The second kappa shape index (κ2) is 10.6. The molecule has 0 spiro atoms. The third-order valence-electron chi connectivity index (χ3n) is 6.13. The lowest BCUT2D eigenvalue weighted by molar-refractivity contribution is -0.122. The number of nitrogens with one attached hydrogen (secondary N) is 1. The molecule has 3 rings (SSSR count). The summed E-state index contributed by atoms with van der Waals surface area (Å²) in [5, 5.41) is 3.07. The Morgan fingerprint density at radius 2 is 1.69 bits per heavy atom. The minimum Gasteiger partial charge on any atom is -0.347 e. The van der Waals surface area contributed by atoms with Crippen molar-refractivity contribution in [2.45, 2.75) is 24.8 Å². The Morgan fingerprint density at radius 1 is 1.03 bits per heavy atom. The maximum Gasteiger partial charge on any atom is 0.243 e. The Labute approximate surface area is 192 Å². The molecule has 8 heteroatoms. The fraction of sp³-hybridized carbons (Fsp3) is 0.458. The first kappa shape index (κ1) is 24.4. The van der Waals surface area contributed by atoms with Gasteiger partial charge < -0.3 is 10.2 Å². The maximum atomic E-state index is 13.0. The van der Waals surface area contributed by atoms with Crippen molar-refractivity contribution in [2.75, 3.05) is 53.4 Å². The van der Waals surface area contributed by atoms with Gasteiger partial charge in [0.1, 0.15) is 0 Å². The van der Waals surface area contributed by atoms with Crippen molar-refractivity contribution >= 4 is 15.9 Å². The van der Waals surface area contributed by atoms with Crippen LogP contribution >= 0.6 is 0 Å². The third-order valence-corrected chi connectivity index (χ3v) is 7.93. The lowest BCUT2D eigenvalue weighted by Crippen LogP contribution is -2.48. The first-order valence-corrected chi connectivity index (χ1v) is 12.4. The van der Waals surface area contributed by atoms with Gasteiger partial charge in [0, 0.05) is 39.8 Å². The van der Waals surface area contributed by atoms with E-state index in [9.17, 15) is 13.2 Å². The van der Waals surface area contributed by atoms with E-state index < -0.39 is 10.0 Å². The van der Waals surface area contributed by atoms with E-state index in [4.69, 9.17) is 0 Å². The molecule has 1 fully saturated rings. The zero-order valence-electron chi connectivity index (χ0n) is 19.4. The molecule has 7 nitrogen and oxygen atoms in total. The second-order valence-corrected chi connectivity index (χ2v) is 10.7. The quantitative estimate of drug-likeness (QED) is 0.655. The van der Waals surface area contributed by atoms with E-state index in [0.717, 1.165) is 47.2 Å². The maximum absolute atomic E-state index is 13.0. The predicted molar refractivity (Wildman–Crippen MR) is 127 cm³/mol. The van der Waals surface area contributed by atoms with E-state index in [1.54, 1.807) is 18.2 Å². The van der Waals surface area contributed by atoms with Gasteiger partial charge in [-0.1, -0.05) is 36.4 Å². The van der Waals surface area contributed by atoms with Gasteiger partial charge in [0.15, 0.2) is 0 Å². The second-order valence-electron chi connectivity index (χ2n) is 8.64. The number of sulfonamides is 1. The molecule has 0 saturated carbocycles. The van der Waals surface area contributed by atoms with Crippen LogP contribution in [0.15, 0.2) is 53.4 Å². The van der Waals surface area contributed by atoms with Crippen molar-refractivity contribution in [3.8, 4) is 0 Å². The Kier molecular flexibility index (Phi) is 8.05. The number of aryl methyl sites for hydroxylation is 2. The molecule has 1 atom stereocenters. The third kappa shape index (κ3) is 6.16. The predicted octanol–water partition coefficient (Wildman–Crippen LogP) is 2.03. The van der Waals surface area contributed by atoms with Crippen LogP contribution in [-0.2, 0) is 14.8 Å². The van der Waals surface area contributed by atoms with Gasteiger partial charge >= 0.3 is 0 Å². The fourth-order valence-corrected chi connectivity index (χ4v) is 5.00. The number of hydrogen-bond acceptors (Lipinski definition) is 5. The summed E-state index contributed by atoms with van der Waals surface area (Å²) >= 11 is 0. The van der Waals surface area contributed by atoms with Crippen LogP contribution in [0.25, 0.3) is 0 Å². The number of piperazine rings is 1. The number of benzene rings is 2. The summed E-state index contributed by atoms with van der Waals surface area (Å²) in [4.78, 5) is 17.7. The Bertz CT molecular complexity index is 1020. The van der Waals surface area contributed by atoms with Crippen LogP contribution < -0.4 is 5.32 Å². The molecule has 1 N–H and O–H groups in total. The molecule has 1 aliphatic rings. The van der Waals surface area contributed by atoms with Gasteiger partial charge in [0.25, 0.3) is 0 Å². The van der Waals surface area contributed by atoms with E-state index in [-0.39, 0.29) is 23.4 Å². The van der Waals surface area contributed by atoms with Crippen molar-refractivity contribution in [3.63, 3.8) is 0 Å². The highest BCUT2D eigenvalue weighted by molar-refractivity contribution is 7.89. The molecule has 174 valence electrons. The largest absolute Gasteiger partial charge is 0.347 e. The van der Waals surface area contributed by atoms with Crippen molar-refractivity contribution in [3.05, 3.63) is 65.2 Å². The lowest BCUT2D eigenvalue weighted by atomic mass is 10.1. The van der Waals surface area contributed by atoms with Crippen LogP contribution in [0.5, 0.6) is 0 Å². The number of carbonyl (C=O) groups excluding carboxylic acids is 1. The van der Waals surface area contributed by atoms with Gasteiger partial charge in [-0.05, 0) is 49.7 Å². The number of likely N-dealkylation sites (N-methyl/N-ethyl adjacent to an activating group) is 2. The molecule has 0 bridgehead atoms. The number of amides is 1. The average molecular weight is 459 g/mol. The SMILES string of the molecule is Cc1ccc(S(=O)(=O)N(C)CC(=O)NC(CN2CCN(C)CC2)c2ccccc2)cc1C. The highest BCUT2D eigenvalue weighted by atomic mass is 32.2. The van der Waals surface area contributed by atoms with Crippen LogP contribution in [0, 0.1) is 13.8 Å². The molecule has 0 radical (unpaired) electrons. The smallest absolute Gasteiger partial charge is 0.243 e. The summed E-state index contributed by atoms with van der Waals surface area (Å²) in [5.74, 6) is -0.317. The van der Waals surface area contributed by atoms with E-state index in [1.165, 1.54) is 7.05 Å². The van der Waals surface area contributed by atoms with Gasteiger partial charge in [0.05, 0.1) is 17.5 Å². The van der Waals surface area contributed by atoms with Crippen LogP contribution in [-0.4, -0.2) is 81.8 Å². The minimum absolute atomic E-state index is 0.202. The summed E-state index contributed by atoms with van der Waals surface area (Å²) in [7, 11) is -0.193. The topological polar surface area (TPSA) is 73.0 Å². The fourth-order valence-electron chi connectivity index (χ4n) is 3.79. The Balaban J connectivity index is 1.69. The van der Waals surface area contributed by atoms with E-state index in [0.29, 0.717) is 6.54 Å². The Hall–Kier alpha value is -2.26. The first-order valence-electron chi connectivity index (χ1n) is 11.0. The molecule has 1 saturated heterocycles. The summed E-state index contributed by atoms with van der Waals surface area (Å²) in [5.41, 5.74) is 2.94. The zero-order valence-corrected chi connectivity index (χ0v) is 20.2. The van der Waals surface area contributed by atoms with E-state index >= 15 is 0 Å². The molecule has 1 aliphatic heterocycles. The molecular formula is C24H34N4O3S. The highest BCUT2D eigenvalue weighted by Gasteiger charge is 2.26. The molecule has 1 heterocycles. The van der Waals surface area contributed by atoms with Gasteiger partial charge in [-0.15, -0.1) is 0 Å². The highest BCUT2D eigenvalue weighted by Crippen LogP contribution is 2.19. The van der Waals surface area contributed by atoms with E-state index in [2.05, 4.69) is 22.2 Å². The van der Waals surface area contributed by atoms with Crippen molar-refractivity contribution < 1.29 is 13.2 Å². The molecule has 0 aromatic heterocycles. The number of nitrogens with zero attached hydrogens (tertiary/aromatic N) is 3. The minimum atomic E-state index is -3.75. The number of carbonyl (C=O) groups is 1. The van der Waals surface area contributed by atoms with Crippen LogP contribution in [0.3, 0.4) is 0 Å². The first-order chi connectivity index (χ1) is 15.2. The lowest BCUT2D eigenvalue weighted by Gasteiger charge is -2.35. The summed E-state index contributed by atoms with van der Waals surface area (Å²) < 4.78 is 27.1. The average Bonchev–Trinajstić information content (AvgIpc) is 2.77. The summed E-state index contributed by atoms with van der Waals surface area (Å²) in [6.45, 7) is 8.14. The van der Waals surface area contributed by atoms with Crippen molar-refractivity contribution in [1.29, 1.82) is 0 Å². The van der Waals surface area contributed by atoms with Gasteiger partial charge in [-0.3, -0.25) is 9.69 Å². The van der Waals surface area contributed by atoms with E-state index in [1.807, 2.05) is 44.2 Å². The molecule has 1 amide bonds. The van der Waals surface area contributed by atoms with Crippen LogP contribution in [0.4, 0.5) is 0 Å².